The molecule has 0 saturated heterocycles. The molecule has 1 aliphatic rings. The van der Waals surface area contributed by atoms with Crippen LogP contribution in [-0.2, 0) is 6.42 Å². The van der Waals surface area contributed by atoms with E-state index in [1.165, 1.54) is 19.3 Å². The molecule has 1 heterocycles. The molecular weight excluding hydrogens is 264 g/mol. The predicted octanol–water partition coefficient (Wildman–Crippen LogP) is 3.07. The van der Waals surface area contributed by atoms with Crippen LogP contribution >= 0.6 is 0 Å². The van der Waals surface area contributed by atoms with Crippen molar-refractivity contribution in [2.75, 3.05) is 0 Å². The first-order valence-corrected chi connectivity index (χ1v) is 7.60. The van der Waals surface area contributed by atoms with Crippen molar-refractivity contribution in [1.82, 2.24) is 9.97 Å². The Morgan fingerprint density at radius 2 is 1.90 bits per heavy atom. The van der Waals surface area contributed by atoms with Gasteiger partial charge in [0.2, 0.25) is 0 Å². The van der Waals surface area contributed by atoms with Gasteiger partial charge in [-0.2, -0.15) is 0 Å². The van der Waals surface area contributed by atoms with Crippen LogP contribution in [0.3, 0.4) is 0 Å². The molecule has 4 heteroatoms. The van der Waals surface area contributed by atoms with Crippen molar-refractivity contribution in [3.8, 4) is 6.01 Å². The third-order valence-corrected chi connectivity index (χ3v) is 3.83. The van der Waals surface area contributed by atoms with Crippen molar-refractivity contribution in [1.29, 1.82) is 0 Å². The largest absolute Gasteiger partial charge is 0.461 e. The zero-order valence-electron chi connectivity index (χ0n) is 12.0. The molecule has 1 aliphatic carbocycles. The Morgan fingerprint density at radius 3 is 2.67 bits per heavy atom. The Hall–Kier alpha value is -2.10. The number of hydrogen-bond acceptors (Lipinski definition) is 3. The zero-order valence-corrected chi connectivity index (χ0v) is 12.0. The Kier molecular flexibility index (Phi) is 4.34. The number of ether oxygens (including phenoxy) is 1. The van der Waals surface area contributed by atoms with E-state index in [9.17, 15) is 4.79 Å². The lowest BCUT2D eigenvalue weighted by Gasteiger charge is -2.22. The summed E-state index contributed by atoms with van der Waals surface area (Å²) in [6, 6.07) is 11.9. The van der Waals surface area contributed by atoms with E-state index in [1.54, 1.807) is 6.07 Å². The number of hydrogen-bond donors (Lipinski definition) is 1. The molecule has 0 amide bonds. The van der Waals surface area contributed by atoms with Crippen molar-refractivity contribution in [2.24, 2.45) is 0 Å². The van der Waals surface area contributed by atoms with Crippen molar-refractivity contribution < 1.29 is 4.74 Å². The minimum atomic E-state index is -0.151. The summed E-state index contributed by atoms with van der Waals surface area (Å²) in [5, 5.41) is 0. The van der Waals surface area contributed by atoms with E-state index in [0.29, 0.717) is 12.4 Å². The first kappa shape index (κ1) is 13.9. The summed E-state index contributed by atoms with van der Waals surface area (Å²) in [4.78, 5) is 18.9. The maximum Gasteiger partial charge on any atom is 0.296 e. The third kappa shape index (κ3) is 3.94. The molecule has 110 valence electrons. The molecular formula is C17H20N2O2. The second kappa shape index (κ2) is 6.57. The lowest BCUT2D eigenvalue weighted by Crippen LogP contribution is -2.22. The van der Waals surface area contributed by atoms with E-state index < -0.39 is 0 Å². The summed E-state index contributed by atoms with van der Waals surface area (Å²) in [6.45, 7) is 0. The number of benzene rings is 1. The smallest absolute Gasteiger partial charge is 0.296 e. The minimum Gasteiger partial charge on any atom is -0.461 e. The number of rotatable bonds is 4. The molecule has 2 aromatic rings. The van der Waals surface area contributed by atoms with Crippen LogP contribution < -0.4 is 10.3 Å². The molecule has 1 N–H and O–H groups in total. The molecule has 1 aromatic heterocycles. The molecule has 0 bridgehead atoms. The van der Waals surface area contributed by atoms with E-state index >= 15 is 0 Å². The van der Waals surface area contributed by atoms with Gasteiger partial charge in [-0.05, 0) is 31.2 Å². The second-order valence-corrected chi connectivity index (χ2v) is 5.58. The number of aromatic nitrogens is 2. The predicted molar refractivity (Wildman–Crippen MR) is 81.6 cm³/mol. The first-order chi connectivity index (χ1) is 10.3. The van der Waals surface area contributed by atoms with Gasteiger partial charge in [-0.25, -0.2) is 4.98 Å². The second-order valence-electron chi connectivity index (χ2n) is 5.58. The van der Waals surface area contributed by atoms with Crippen molar-refractivity contribution in [3.63, 3.8) is 0 Å². The summed E-state index contributed by atoms with van der Waals surface area (Å²) in [5.41, 5.74) is 1.73. The summed E-state index contributed by atoms with van der Waals surface area (Å²) in [7, 11) is 0. The summed E-state index contributed by atoms with van der Waals surface area (Å²) in [6.07, 6.45) is 6.59. The lowest BCUT2D eigenvalue weighted by molar-refractivity contribution is 0.141. The van der Waals surface area contributed by atoms with Crippen molar-refractivity contribution in [3.05, 3.63) is 58.0 Å². The summed E-state index contributed by atoms with van der Waals surface area (Å²) < 4.78 is 5.85. The minimum absolute atomic E-state index is 0.151. The molecule has 1 saturated carbocycles. The third-order valence-electron chi connectivity index (χ3n) is 3.83. The standard InChI is InChI=1S/C17H20N2O2/c20-16-12-14(11-13-7-3-1-4-8-13)18-17(19-16)21-15-9-5-2-6-10-15/h1,3-4,7-8,12,15H,2,5-6,9-11H2,(H,18,19,20). The average Bonchev–Trinajstić information content (AvgIpc) is 2.48. The highest BCUT2D eigenvalue weighted by Gasteiger charge is 2.16. The molecule has 1 aromatic carbocycles. The van der Waals surface area contributed by atoms with Gasteiger partial charge in [0.25, 0.3) is 11.6 Å². The normalized spacial score (nSPS) is 15.8. The lowest BCUT2D eigenvalue weighted by atomic mass is 9.98. The average molecular weight is 284 g/mol. The fourth-order valence-corrected chi connectivity index (χ4v) is 2.78. The monoisotopic (exact) mass is 284 g/mol. The van der Waals surface area contributed by atoms with Gasteiger partial charge in [-0.3, -0.25) is 9.78 Å². The van der Waals surface area contributed by atoms with Gasteiger partial charge in [0.05, 0.1) is 5.69 Å². The van der Waals surface area contributed by atoms with E-state index in [0.717, 1.165) is 24.1 Å². The molecule has 21 heavy (non-hydrogen) atoms. The van der Waals surface area contributed by atoms with E-state index in [4.69, 9.17) is 4.74 Å². The molecule has 0 aliphatic heterocycles. The van der Waals surface area contributed by atoms with Crippen LogP contribution in [0.1, 0.15) is 43.4 Å². The maximum absolute atomic E-state index is 11.8. The van der Waals surface area contributed by atoms with Crippen LogP contribution in [0.15, 0.2) is 41.2 Å². The Bertz CT molecular complexity index is 631. The highest BCUT2D eigenvalue weighted by Crippen LogP contribution is 2.21. The molecule has 0 radical (unpaired) electrons. The topological polar surface area (TPSA) is 55.0 Å². The van der Waals surface area contributed by atoms with Gasteiger partial charge in [0.1, 0.15) is 6.10 Å². The highest BCUT2D eigenvalue weighted by molar-refractivity contribution is 5.21. The molecule has 0 spiro atoms. The molecule has 4 nitrogen and oxygen atoms in total. The van der Waals surface area contributed by atoms with Crippen LogP contribution in [0.4, 0.5) is 0 Å². The van der Waals surface area contributed by atoms with Crippen LogP contribution in [0.25, 0.3) is 0 Å². The van der Waals surface area contributed by atoms with Crippen LogP contribution in [0, 0.1) is 0 Å². The number of nitrogens with zero attached hydrogens (tertiary/aromatic N) is 1. The van der Waals surface area contributed by atoms with Gasteiger partial charge < -0.3 is 4.74 Å². The van der Waals surface area contributed by atoms with Crippen LogP contribution in [0.2, 0.25) is 0 Å². The summed E-state index contributed by atoms with van der Waals surface area (Å²) >= 11 is 0. The molecule has 0 atom stereocenters. The van der Waals surface area contributed by atoms with Gasteiger partial charge in [-0.15, -0.1) is 0 Å². The van der Waals surface area contributed by atoms with Gasteiger partial charge in [0, 0.05) is 12.5 Å². The first-order valence-electron chi connectivity index (χ1n) is 7.60. The Labute approximate surface area is 124 Å². The van der Waals surface area contributed by atoms with Crippen LogP contribution in [-0.4, -0.2) is 16.1 Å². The Morgan fingerprint density at radius 1 is 1.14 bits per heavy atom. The van der Waals surface area contributed by atoms with E-state index in [2.05, 4.69) is 9.97 Å². The Balaban J connectivity index is 1.74. The zero-order chi connectivity index (χ0) is 14.5. The number of H-pyrrole nitrogens is 1. The number of nitrogens with one attached hydrogen (secondary N) is 1. The van der Waals surface area contributed by atoms with E-state index in [-0.39, 0.29) is 11.7 Å². The summed E-state index contributed by atoms with van der Waals surface area (Å²) in [5.74, 6) is 0. The fraction of sp³-hybridized carbons (Fsp3) is 0.412. The van der Waals surface area contributed by atoms with Gasteiger partial charge >= 0.3 is 0 Å². The fourth-order valence-electron chi connectivity index (χ4n) is 2.78. The molecule has 1 fully saturated rings. The number of aromatic amines is 1. The van der Waals surface area contributed by atoms with Crippen molar-refractivity contribution in [2.45, 2.75) is 44.6 Å². The molecule has 0 unspecified atom stereocenters. The molecule has 3 rings (SSSR count). The SMILES string of the molecule is O=c1cc(Cc2ccccc2)nc(OC2CCCCC2)[nH]1. The van der Waals surface area contributed by atoms with Gasteiger partial charge in [0.15, 0.2) is 0 Å². The van der Waals surface area contributed by atoms with Gasteiger partial charge in [-0.1, -0.05) is 36.8 Å². The quantitative estimate of drug-likeness (QED) is 0.938. The van der Waals surface area contributed by atoms with Crippen molar-refractivity contribution >= 4 is 0 Å². The highest BCUT2D eigenvalue weighted by atomic mass is 16.5. The van der Waals surface area contributed by atoms with Crippen LogP contribution in [0.5, 0.6) is 6.01 Å². The maximum atomic E-state index is 11.8. The van der Waals surface area contributed by atoms with E-state index in [1.807, 2.05) is 30.3 Å².